The quantitative estimate of drug-likeness (QED) is 0.469. The Morgan fingerprint density at radius 2 is 2.30 bits per heavy atom. The summed E-state index contributed by atoms with van der Waals surface area (Å²) in [5.74, 6) is -1.82. The summed E-state index contributed by atoms with van der Waals surface area (Å²) in [5.41, 5.74) is 5.70. The molecule has 0 aromatic carbocycles. The normalized spacial score (nSPS) is 21.9. The highest BCUT2D eigenvalue weighted by Gasteiger charge is 2.35. The topological polar surface area (TPSA) is 63.3 Å². The lowest BCUT2D eigenvalue weighted by molar-refractivity contribution is -0.0507. The Labute approximate surface area is 134 Å². The van der Waals surface area contributed by atoms with Crippen LogP contribution in [0.25, 0.3) is 0 Å². The average Bonchev–Trinajstić information content (AvgIpc) is 2.36. The van der Waals surface area contributed by atoms with E-state index in [0.717, 1.165) is 6.42 Å². The predicted molar refractivity (Wildman–Crippen MR) is 86.7 cm³/mol. The average molecular weight is 396 g/mol. The zero-order chi connectivity index (χ0) is 13.7. The van der Waals surface area contributed by atoms with E-state index >= 15 is 0 Å². The van der Waals surface area contributed by atoms with E-state index in [1.54, 1.807) is 18.3 Å². The van der Waals surface area contributed by atoms with Crippen LogP contribution in [0, 0.1) is 5.92 Å². The van der Waals surface area contributed by atoms with Gasteiger partial charge in [0.25, 0.3) is 0 Å². The number of nitrogens with two attached hydrogens (primary N) is 1. The van der Waals surface area contributed by atoms with Crippen LogP contribution < -0.4 is 11.1 Å². The van der Waals surface area contributed by atoms with E-state index in [9.17, 15) is 8.78 Å². The lowest BCUT2D eigenvalue weighted by atomic mass is 9.87. The summed E-state index contributed by atoms with van der Waals surface area (Å²) in [6.45, 7) is 0.335. The van der Waals surface area contributed by atoms with Gasteiger partial charge in [-0.15, -0.1) is 24.0 Å². The van der Waals surface area contributed by atoms with Crippen molar-refractivity contribution < 1.29 is 8.78 Å². The van der Waals surface area contributed by atoms with Crippen LogP contribution in [-0.4, -0.2) is 23.4 Å². The number of hydrogen-bond acceptors (Lipinski definition) is 2. The molecule has 1 aromatic rings. The van der Waals surface area contributed by atoms with Crippen molar-refractivity contribution in [2.24, 2.45) is 16.6 Å². The van der Waals surface area contributed by atoms with E-state index in [2.05, 4.69) is 15.3 Å². The minimum absolute atomic E-state index is 0. The van der Waals surface area contributed by atoms with Crippen molar-refractivity contribution in [2.75, 3.05) is 11.9 Å². The number of halogens is 3. The summed E-state index contributed by atoms with van der Waals surface area (Å²) in [4.78, 5) is 8.16. The van der Waals surface area contributed by atoms with E-state index < -0.39 is 5.92 Å². The summed E-state index contributed by atoms with van der Waals surface area (Å²) < 4.78 is 26.4. The third-order valence-electron chi connectivity index (χ3n) is 3.18. The third-order valence-corrected chi connectivity index (χ3v) is 3.18. The van der Waals surface area contributed by atoms with Gasteiger partial charge < -0.3 is 11.1 Å². The second-order valence-electron chi connectivity index (χ2n) is 4.88. The summed E-state index contributed by atoms with van der Waals surface area (Å²) in [7, 11) is 0. The van der Waals surface area contributed by atoms with Gasteiger partial charge in [-0.05, 0) is 30.9 Å². The fourth-order valence-corrected chi connectivity index (χ4v) is 2.27. The first-order valence-corrected chi connectivity index (χ1v) is 6.41. The molecule has 20 heavy (non-hydrogen) atoms. The Kier molecular flexibility index (Phi) is 6.57. The molecule has 0 saturated heterocycles. The van der Waals surface area contributed by atoms with Crippen LogP contribution in [-0.2, 0) is 0 Å². The van der Waals surface area contributed by atoms with Gasteiger partial charge in [-0.1, -0.05) is 6.07 Å². The Morgan fingerprint density at radius 1 is 1.50 bits per heavy atom. The Bertz CT molecular complexity index is 439. The van der Waals surface area contributed by atoms with Crippen molar-refractivity contribution in [3.05, 3.63) is 24.4 Å². The first kappa shape index (κ1) is 17.1. The van der Waals surface area contributed by atoms with Crippen molar-refractivity contribution in [3.63, 3.8) is 0 Å². The Morgan fingerprint density at radius 3 is 2.95 bits per heavy atom. The lowest BCUT2D eigenvalue weighted by Gasteiger charge is -2.27. The first-order valence-electron chi connectivity index (χ1n) is 6.41. The number of aromatic nitrogens is 1. The fraction of sp³-hybridized carbons (Fsp3) is 0.538. The van der Waals surface area contributed by atoms with E-state index in [1.807, 2.05) is 6.07 Å². The molecule has 0 spiro atoms. The van der Waals surface area contributed by atoms with Crippen LogP contribution in [0.2, 0.25) is 0 Å². The molecule has 1 aliphatic carbocycles. The summed E-state index contributed by atoms with van der Waals surface area (Å²) >= 11 is 0. The number of guanidine groups is 1. The molecule has 2 rings (SSSR count). The third kappa shape index (κ3) is 5.56. The molecule has 1 fully saturated rings. The molecular formula is C13H19F2IN4. The van der Waals surface area contributed by atoms with Crippen LogP contribution in [0.4, 0.5) is 14.6 Å². The molecule has 0 aliphatic heterocycles. The number of alkyl halides is 2. The molecule has 7 heteroatoms. The molecule has 4 nitrogen and oxygen atoms in total. The van der Waals surface area contributed by atoms with Gasteiger partial charge in [-0.2, -0.15) is 0 Å². The van der Waals surface area contributed by atoms with Gasteiger partial charge in [0.15, 0.2) is 5.96 Å². The van der Waals surface area contributed by atoms with Crippen LogP contribution in [0.5, 0.6) is 0 Å². The zero-order valence-corrected chi connectivity index (χ0v) is 13.4. The molecule has 1 saturated carbocycles. The molecule has 112 valence electrons. The van der Waals surface area contributed by atoms with Crippen molar-refractivity contribution in [1.29, 1.82) is 0 Å². The minimum atomic E-state index is -2.54. The minimum Gasteiger partial charge on any atom is -0.370 e. The maximum Gasteiger partial charge on any atom is 0.248 e. The van der Waals surface area contributed by atoms with Crippen molar-refractivity contribution in [1.82, 2.24) is 4.98 Å². The smallest absolute Gasteiger partial charge is 0.248 e. The highest BCUT2D eigenvalue weighted by Crippen LogP contribution is 2.36. The van der Waals surface area contributed by atoms with Crippen molar-refractivity contribution >= 4 is 35.8 Å². The molecular weight excluding hydrogens is 377 g/mol. The predicted octanol–water partition coefficient (Wildman–Crippen LogP) is 3.25. The lowest BCUT2D eigenvalue weighted by Crippen LogP contribution is -2.29. The molecule has 1 unspecified atom stereocenters. The summed E-state index contributed by atoms with van der Waals surface area (Å²) in [6.07, 6.45) is 2.89. The summed E-state index contributed by atoms with van der Waals surface area (Å²) in [6, 6.07) is 5.38. The standard InChI is InChI=1S/C13H18F2N4.HI/c14-13(15)6-3-4-10(8-13)9-18-12(16)19-11-5-1-2-7-17-11;/h1-2,5,7,10H,3-4,6,8-9H2,(H3,16,17,18,19);1H. The number of aliphatic imine (C=N–C) groups is 1. The largest absolute Gasteiger partial charge is 0.370 e. The molecule has 1 atom stereocenters. The van der Waals surface area contributed by atoms with Crippen molar-refractivity contribution in [2.45, 2.75) is 31.6 Å². The number of hydrogen-bond donors (Lipinski definition) is 2. The highest BCUT2D eigenvalue weighted by molar-refractivity contribution is 14.0. The van der Waals surface area contributed by atoms with E-state index in [0.29, 0.717) is 18.8 Å². The van der Waals surface area contributed by atoms with E-state index in [-0.39, 0.29) is 48.7 Å². The Hall–Kier alpha value is -0.990. The molecule has 1 aromatic heterocycles. The highest BCUT2D eigenvalue weighted by atomic mass is 127. The van der Waals surface area contributed by atoms with Crippen LogP contribution in [0.15, 0.2) is 29.4 Å². The van der Waals surface area contributed by atoms with Gasteiger partial charge in [0.1, 0.15) is 5.82 Å². The molecule has 0 amide bonds. The van der Waals surface area contributed by atoms with Gasteiger partial charge in [0, 0.05) is 25.6 Å². The van der Waals surface area contributed by atoms with E-state index in [4.69, 9.17) is 5.73 Å². The van der Waals surface area contributed by atoms with E-state index in [1.165, 1.54) is 0 Å². The summed E-state index contributed by atoms with van der Waals surface area (Å²) in [5, 5.41) is 2.83. The number of rotatable bonds is 3. The SMILES string of the molecule is I.NC(=NCC1CCCC(F)(F)C1)Nc1ccccn1. The maximum absolute atomic E-state index is 13.2. The van der Waals surface area contributed by atoms with Gasteiger partial charge >= 0.3 is 0 Å². The Balaban J connectivity index is 0.00000200. The van der Waals surface area contributed by atoms with Crippen molar-refractivity contribution in [3.8, 4) is 0 Å². The zero-order valence-electron chi connectivity index (χ0n) is 11.1. The number of nitrogens with one attached hydrogen (secondary N) is 1. The second-order valence-corrected chi connectivity index (χ2v) is 4.88. The first-order chi connectivity index (χ1) is 9.05. The number of pyridine rings is 1. The van der Waals surface area contributed by atoms with Gasteiger partial charge in [0.05, 0.1) is 0 Å². The molecule has 3 N–H and O–H groups in total. The molecule has 1 aliphatic rings. The van der Waals surface area contributed by atoms with Crippen LogP contribution in [0.1, 0.15) is 25.7 Å². The monoisotopic (exact) mass is 396 g/mol. The second kappa shape index (κ2) is 7.70. The fourth-order valence-electron chi connectivity index (χ4n) is 2.27. The molecule has 0 radical (unpaired) electrons. The molecule has 0 bridgehead atoms. The van der Waals surface area contributed by atoms with Gasteiger partial charge in [-0.3, -0.25) is 4.99 Å². The number of nitrogens with zero attached hydrogens (tertiary/aromatic N) is 2. The molecule has 1 heterocycles. The van der Waals surface area contributed by atoms with Crippen LogP contribution in [0.3, 0.4) is 0 Å². The van der Waals surface area contributed by atoms with Gasteiger partial charge in [-0.25, -0.2) is 13.8 Å². The maximum atomic E-state index is 13.2. The van der Waals surface area contributed by atoms with Gasteiger partial charge in [0.2, 0.25) is 5.92 Å². The van der Waals surface area contributed by atoms with Crippen LogP contribution >= 0.6 is 24.0 Å². The number of anilines is 1.